The number of hydrogen-bond acceptors (Lipinski definition) is 1. The van der Waals surface area contributed by atoms with Crippen LogP contribution in [-0.2, 0) is 0 Å². The van der Waals surface area contributed by atoms with Crippen LogP contribution in [0.15, 0.2) is 30.6 Å². The molecule has 78 valence electrons. The molecule has 2 rings (SSSR count). The van der Waals surface area contributed by atoms with Crippen LogP contribution in [0.5, 0.6) is 0 Å². The number of benzene rings is 1. The van der Waals surface area contributed by atoms with Crippen LogP contribution >= 0.6 is 11.6 Å². The van der Waals surface area contributed by atoms with Gasteiger partial charge in [0.15, 0.2) is 0 Å². The van der Waals surface area contributed by atoms with Gasteiger partial charge in [0.25, 0.3) is 0 Å². The third-order valence-corrected chi connectivity index (χ3v) is 8.55. The molecule has 0 spiro atoms. The number of hydrogen-bond donors (Lipinski definition) is 0. The molecule has 0 aliphatic rings. The van der Waals surface area contributed by atoms with Crippen LogP contribution in [0.4, 0.5) is 0 Å². The Balaban J connectivity index is 2.86. The molecular weight excluding hydrogens is 312 g/mol. The normalized spacial score (nSPS) is 12.0. The second kappa shape index (κ2) is 3.94. The summed E-state index contributed by atoms with van der Waals surface area (Å²) in [5.41, 5.74) is 0. The quantitative estimate of drug-likeness (QED) is 0.732. The van der Waals surface area contributed by atoms with Crippen molar-refractivity contribution in [1.29, 1.82) is 0 Å². The molecule has 0 aliphatic carbocycles. The van der Waals surface area contributed by atoms with E-state index in [2.05, 4.69) is 25.9 Å². The van der Waals surface area contributed by atoms with Crippen molar-refractivity contribution < 1.29 is 0 Å². The zero-order valence-corrected chi connectivity index (χ0v) is 12.8. The van der Waals surface area contributed by atoms with Gasteiger partial charge in [-0.15, -0.1) is 0 Å². The predicted molar refractivity (Wildman–Crippen MR) is 69.7 cm³/mol. The average molecular weight is 326 g/mol. The van der Waals surface area contributed by atoms with Crippen molar-refractivity contribution in [2.24, 2.45) is 0 Å². The summed E-state index contributed by atoms with van der Waals surface area (Å²) in [6.07, 6.45) is 3.90. The molecule has 1 heterocycles. The molecule has 0 N–H and O–H groups in total. The van der Waals surface area contributed by atoms with Gasteiger partial charge in [-0.1, -0.05) is 0 Å². The summed E-state index contributed by atoms with van der Waals surface area (Å²) in [5.74, 6) is 0. The van der Waals surface area contributed by atoms with E-state index < -0.39 is 18.4 Å². The van der Waals surface area contributed by atoms with E-state index >= 15 is 0 Å². The SMILES string of the molecule is [CH3][Sn]([CH3])([CH3])[c]1cncc2cccc(Cl)c12. The molecule has 15 heavy (non-hydrogen) atoms. The van der Waals surface area contributed by atoms with E-state index in [9.17, 15) is 0 Å². The van der Waals surface area contributed by atoms with Crippen LogP contribution in [0.1, 0.15) is 0 Å². The number of fused-ring (bicyclic) bond motifs is 1. The predicted octanol–water partition coefficient (Wildman–Crippen LogP) is 3.43. The van der Waals surface area contributed by atoms with Crippen LogP contribution in [0.3, 0.4) is 0 Å². The number of halogens is 1. The van der Waals surface area contributed by atoms with Crippen molar-refractivity contribution in [2.45, 2.75) is 14.8 Å². The van der Waals surface area contributed by atoms with Crippen LogP contribution in [0.2, 0.25) is 19.8 Å². The topological polar surface area (TPSA) is 12.9 Å². The van der Waals surface area contributed by atoms with Gasteiger partial charge in [-0.2, -0.15) is 0 Å². The van der Waals surface area contributed by atoms with E-state index in [1.54, 1.807) is 0 Å². The molecule has 0 fully saturated rings. The Morgan fingerprint density at radius 3 is 2.53 bits per heavy atom. The fourth-order valence-corrected chi connectivity index (χ4v) is 6.52. The monoisotopic (exact) mass is 327 g/mol. The molecule has 0 unspecified atom stereocenters. The van der Waals surface area contributed by atoms with Gasteiger partial charge >= 0.3 is 99.7 Å². The number of nitrogens with zero attached hydrogens (tertiary/aromatic N) is 1. The number of pyridine rings is 1. The summed E-state index contributed by atoms with van der Waals surface area (Å²) >= 11 is 4.16. The average Bonchev–Trinajstić information content (AvgIpc) is 2.16. The third-order valence-electron chi connectivity index (χ3n) is 2.54. The van der Waals surface area contributed by atoms with E-state index in [-0.39, 0.29) is 0 Å². The Hall–Kier alpha value is -0.281. The van der Waals surface area contributed by atoms with E-state index in [4.69, 9.17) is 11.6 Å². The molecule has 0 radical (unpaired) electrons. The van der Waals surface area contributed by atoms with Gasteiger partial charge in [0.05, 0.1) is 0 Å². The van der Waals surface area contributed by atoms with Gasteiger partial charge in [0.2, 0.25) is 0 Å². The van der Waals surface area contributed by atoms with E-state index in [1.807, 2.05) is 24.5 Å². The number of rotatable bonds is 1. The zero-order chi connectivity index (χ0) is 11.1. The molecule has 0 atom stereocenters. The van der Waals surface area contributed by atoms with Gasteiger partial charge in [0.1, 0.15) is 0 Å². The molecular formula is C12H14ClNSn. The standard InChI is InChI=1S/C9H5ClN.3CH3.Sn/c10-9-3-1-2-7-6-11-5-4-8(7)9;;;;/h1-3,5-6H;3*1H3;. The minimum atomic E-state index is -2.11. The Kier molecular flexibility index (Phi) is 2.95. The van der Waals surface area contributed by atoms with Gasteiger partial charge in [0, 0.05) is 0 Å². The van der Waals surface area contributed by atoms with Crippen LogP contribution in [-0.4, -0.2) is 23.4 Å². The van der Waals surface area contributed by atoms with E-state index in [0.29, 0.717) is 0 Å². The van der Waals surface area contributed by atoms with Crippen molar-refractivity contribution in [3.8, 4) is 0 Å². The van der Waals surface area contributed by atoms with E-state index in [0.717, 1.165) is 10.4 Å². The first-order valence-electron chi connectivity index (χ1n) is 5.03. The fourth-order valence-electron chi connectivity index (χ4n) is 1.76. The van der Waals surface area contributed by atoms with Crippen LogP contribution < -0.4 is 3.58 Å². The van der Waals surface area contributed by atoms with Crippen molar-refractivity contribution in [3.05, 3.63) is 35.6 Å². The van der Waals surface area contributed by atoms with Crippen molar-refractivity contribution in [2.75, 3.05) is 0 Å². The van der Waals surface area contributed by atoms with E-state index in [1.165, 1.54) is 8.97 Å². The molecule has 2 aromatic rings. The molecule has 0 amide bonds. The summed E-state index contributed by atoms with van der Waals surface area (Å²) in [6.45, 7) is 0. The second-order valence-corrected chi connectivity index (χ2v) is 19.6. The first-order valence-corrected chi connectivity index (χ1v) is 15.4. The summed E-state index contributed by atoms with van der Waals surface area (Å²) in [7, 11) is 0. The molecule has 0 saturated carbocycles. The minimum absolute atomic E-state index is 0.858. The summed E-state index contributed by atoms with van der Waals surface area (Å²) < 4.78 is 1.41. The maximum absolute atomic E-state index is 6.27. The Bertz CT molecular complexity index is 497. The Labute approximate surface area is 99.3 Å². The third kappa shape index (κ3) is 2.13. The first-order chi connectivity index (χ1) is 7.00. The maximum atomic E-state index is 6.27. The second-order valence-electron chi connectivity index (χ2n) is 4.78. The van der Waals surface area contributed by atoms with Gasteiger partial charge in [-0.05, 0) is 0 Å². The molecule has 1 aromatic heterocycles. The van der Waals surface area contributed by atoms with Crippen LogP contribution in [0, 0.1) is 0 Å². The van der Waals surface area contributed by atoms with Crippen molar-refractivity contribution in [1.82, 2.24) is 4.98 Å². The molecule has 0 bridgehead atoms. The summed E-state index contributed by atoms with van der Waals surface area (Å²) in [6, 6.07) is 6.02. The molecule has 0 saturated heterocycles. The zero-order valence-electron chi connectivity index (χ0n) is 9.21. The molecule has 3 heteroatoms. The Morgan fingerprint density at radius 2 is 1.87 bits per heavy atom. The van der Waals surface area contributed by atoms with Gasteiger partial charge in [-0.3, -0.25) is 0 Å². The van der Waals surface area contributed by atoms with Gasteiger partial charge in [-0.25, -0.2) is 0 Å². The molecule has 0 aliphatic heterocycles. The first kappa shape index (κ1) is 11.2. The fraction of sp³-hybridized carbons (Fsp3) is 0.250. The molecule has 1 nitrogen and oxygen atoms in total. The Morgan fingerprint density at radius 1 is 1.13 bits per heavy atom. The summed E-state index contributed by atoms with van der Waals surface area (Å²) in [4.78, 5) is 11.5. The van der Waals surface area contributed by atoms with Gasteiger partial charge < -0.3 is 0 Å². The van der Waals surface area contributed by atoms with Crippen LogP contribution in [0.25, 0.3) is 10.8 Å². The van der Waals surface area contributed by atoms with Crippen molar-refractivity contribution in [3.63, 3.8) is 0 Å². The van der Waals surface area contributed by atoms with Crippen molar-refractivity contribution >= 4 is 44.3 Å². The molecule has 1 aromatic carbocycles. The summed E-state index contributed by atoms with van der Waals surface area (Å²) in [5, 5.41) is 3.24. The number of aromatic nitrogens is 1.